The van der Waals surface area contributed by atoms with E-state index in [1.54, 1.807) is 7.11 Å². The Morgan fingerprint density at radius 2 is 1.97 bits per heavy atom. The van der Waals surface area contributed by atoms with Crippen LogP contribution < -0.4 is 10.1 Å². The van der Waals surface area contributed by atoms with Gasteiger partial charge < -0.3 is 14.8 Å². The Bertz CT molecular complexity index is 811. The fourth-order valence-corrected chi connectivity index (χ4v) is 4.13. The van der Waals surface area contributed by atoms with Gasteiger partial charge in [0.25, 0.3) is 5.91 Å². The minimum Gasteiger partial charge on any atom is -0.497 e. The molecule has 2 atom stereocenters. The van der Waals surface area contributed by atoms with Gasteiger partial charge in [0.05, 0.1) is 19.8 Å². The van der Waals surface area contributed by atoms with Crippen molar-refractivity contribution in [2.24, 2.45) is 0 Å². The number of carbonyl (C=O) groups is 1. The molecule has 168 valence electrons. The standard InChI is InChI=1S/C25H35N3O3/c1-4-28(5-2)23(21-12-9-13-22(16-21)30-3)17-26-25(29)24-19-27(14-15-31-24)18-20-10-7-6-8-11-20/h6-13,16,23-24H,4-5,14-15,17-19H2,1-3H3,(H,26,29). The molecule has 0 saturated carbocycles. The topological polar surface area (TPSA) is 54.0 Å². The highest BCUT2D eigenvalue weighted by Crippen LogP contribution is 2.24. The molecule has 2 unspecified atom stereocenters. The van der Waals surface area contributed by atoms with E-state index in [-0.39, 0.29) is 11.9 Å². The lowest BCUT2D eigenvalue weighted by molar-refractivity contribution is -0.139. The number of morpholine rings is 1. The molecule has 1 aliphatic rings. The van der Waals surface area contributed by atoms with E-state index in [0.717, 1.165) is 37.5 Å². The normalized spacial score (nSPS) is 18.0. The van der Waals surface area contributed by atoms with Gasteiger partial charge in [0.15, 0.2) is 0 Å². The number of hydrogen-bond acceptors (Lipinski definition) is 5. The highest BCUT2D eigenvalue weighted by molar-refractivity contribution is 5.81. The van der Waals surface area contributed by atoms with Gasteiger partial charge >= 0.3 is 0 Å². The van der Waals surface area contributed by atoms with Gasteiger partial charge in [-0.25, -0.2) is 0 Å². The van der Waals surface area contributed by atoms with Gasteiger partial charge in [0.1, 0.15) is 11.9 Å². The summed E-state index contributed by atoms with van der Waals surface area (Å²) in [6, 6.07) is 18.5. The fraction of sp³-hybridized carbons (Fsp3) is 0.480. The largest absolute Gasteiger partial charge is 0.497 e. The van der Waals surface area contributed by atoms with Crippen LogP contribution in [0.2, 0.25) is 0 Å². The first-order valence-electron chi connectivity index (χ1n) is 11.2. The van der Waals surface area contributed by atoms with Gasteiger partial charge in [0.2, 0.25) is 0 Å². The summed E-state index contributed by atoms with van der Waals surface area (Å²) >= 11 is 0. The summed E-state index contributed by atoms with van der Waals surface area (Å²) in [5.74, 6) is 0.783. The molecular weight excluding hydrogens is 390 g/mol. The van der Waals surface area contributed by atoms with Crippen LogP contribution in [0.25, 0.3) is 0 Å². The summed E-state index contributed by atoms with van der Waals surface area (Å²) in [7, 11) is 1.68. The zero-order valence-electron chi connectivity index (χ0n) is 18.9. The first-order valence-corrected chi connectivity index (χ1v) is 11.2. The van der Waals surface area contributed by atoms with Crippen molar-refractivity contribution in [1.82, 2.24) is 15.1 Å². The van der Waals surface area contributed by atoms with Crippen molar-refractivity contribution < 1.29 is 14.3 Å². The summed E-state index contributed by atoms with van der Waals surface area (Å²) in [4.78, 5) is 17.6. The average Bonchev–Trinajstić information content (AvgIpc) is 2.82. The van der Waals surface area contributed by atoms with Gasteiger partial charge in [-0.1, -0.05) is 56.3 Å². The number of hydrogen-bond donors (Lipinski definition) is 1. The first-order chi connectivity index (χ1) is 15.1. The minimum absolute atomic E-state index is 0.0437. The lowest BCUT2D eigenvalue weighted by Crippen LogP contribution is -2.50. The second-order valence-corrected chi connectivity index (χ2v) is 7.84. The molecule has 0 radical (unpaired) electrons. The zero-order chi connectivity index (χ0) is 22.1. The van der Waals surface area contributed by atoms with Crippen molar-refractivity contribution in [2.75, 3.05) is 46.4 Å². The smallest absolute Gasteiger partial charge is 0.250 e. The Morgan fingerprint density at radius 3 is 2.68 bits per heavy atom. The van der Waals surface area contributed by atoms with Crippen molar-refractivity contribution in [3.05, 3.63) is 65.7 Å². The Morgan fingerprint density at radius 1 is 1.19 bits per heavy atom. The number of rotatable bonds is 10. The summed E-state index contributed by atoms with van der Waals surface area (Å²) < 4.78 is 11.2. The molecule has 1 saturated heterocycles. The van der Waals surface area contributed by atoms with Crippen LogP contribution in [-0.4, -0.2) is 68.3 Å². The summed E-state index contributed by atoms with van der Waals surface area (Å²) in [6.07, 6.45) is -0.444. The molecule has 6 heteroatoms. The van der Waals surface area contributed by atoms with Crippen LogP contribution in [-0.2, 0) is 16.1 Å². The highest BCUT2D eigenvalue weighted by Gasteiger charge is 2.28. The minimum atomic E-state index is -0.444. The predicted molar refractivity (Wildman–Crippen MR) is 123 cm³/mol. The Balaban J connectivity index is 1.61. The van der Waals surface area contributed by atoms with Crippen LogP contribution in [0.4, 0.5) is 0 Å². The number of nitrogens with one attached hydrogen (secondary N) is 1. The van der Waals surface area contributed by atoms with Crippen LogP contribution in [0.15, 0.2) is 54.6 Å². The number of ether oxygens (including phenoxy) is 2. The molecule has 1 N–H and O–H groups in total. The molecular formula is C25H35N3O3. The molecule has 3 rings (SSSR count). The molecule has 2 aromatic rings. The third-order valence-corrected chi connectivity index (χ3v) is 5.89. The summed E-state index contributed by atoms with van der Waals surface area (Å²) in [5.41, 5.74) is 2.39. The number of nitrogens with zero attached hydrogens (tertiary/aromatic N) is 2. The molecule has 1 heterocycles. The van der Waals surface area contributed by atoms with Crippen LogP contribution in [0.1, 0.15) is 31.0 Å². The number of methoxy groups -OCH3 is 1. The molecule has 1 amide bonds. The Hall–Kier alpha value is -2.41. The van der Waals surface area contributed by atoms with Crippen molar-refractivity contribution in [3.63, 3.8) is 0 Å². The lowest BCUT2D eigenvalue weighted by atomic mass is 10.0. The van der Waals surface area contributed by atoms with E-state index in [0.29, 0.717) is 19.7 Å². The molecule has 31 heavy (non-hydrogen) atoms. The van der Waals surface area contributed by atoms with E-state index in [1.165, 1.54) is 5.56 Å². The summed E-state index contributed by atoms with van der Waals surface area (Å²) in [6.45, 7) is 9.47. The van der Waals surface area contributed by atoms with Crippen LogP contribution in [0, 0.1) is 0 Å². The van der Waals surface area contributed by atoms with Crippen molar-refractivity contribution in [1.29, 1.82) is 0 Å². The number of carbonyl (C=O) groups excluding carboxylic acids is 1. The molecule has 0 spiro atoms. The van der Waals surface area contributed by atoms with Crippen LogP contribution >= 0.6 is 0 Å². The SMILES string of the molecule is CCN(CC)C(CNC(=O)C1CN(Cc2ccccc2)CCO1)c1cccc(OC)c1. The molecule has 0 aliphatic carbocycles. The fourth-order valence-electron chi connectivity index (χ4n) is 4.13. The molecule has 1 aliphatic heterocycles. The second-order valence-electron chi connectivity index (χ2n) is 7.84. The van der Waals surface area contributed by atoms with E-state index in [2.05, 4.69) is 47.2 Å². The van der Waals surface area contributed by atoms with Gasteiger partial charge in [-0.15, -0.1) is 0 Å². The lowest BCUT2D eigenvalue weighted by Gasteiger charge is -2.34. The van der Waals surface area contributed by atoms with Gasteiger partial charge in [-0.3, -0.25) is 14.6 Å². The average molecular weight is 426 g/mol. The monoisotopic (exact) mass is 425 g/mol. The number of likely N-dealkylation sites (N-methyl/N-ethyl adjacent to an activating group) is 1. The molecule has 2 aromatic carbocycles. The summed E-state index contributed by atoms with van der Waals surface area (Å²) in [5, 5.41) is 3.15. The van der Waals surface area contributed by atoms with Crippen LogP contribution in [0.3, 0.4) is 0 Å². The van der Waals surface area contributed by atoms with E-state index < -0.39 is 6.10 Å². The van der Waals surface area contributed by atoms with Crippen molar-refractivity contribution >= 4 is 5.91 Å². The van der Waals surface area contributed by atoms with Gasteiger partial charge in [-0.05, 0) is 36.3 Å². The third kappa shape index (κ3) is 6.53. The maximum atomic E-state index is 12.9. The number of amides is 1. The highest BCUT2D eigenvalue weighted by atomic mass is 16.5. The van der Waals surface area contributed by atoms with Crippen molar-refractivity contribution in [3.8, 4) is 5.75 Å². The predicted octanol–water partition coefficient (Wildman–Crippen LogP) is 3.10. The maximum absolute atomic E-state index is 12.9. The van der Waals surface area contributed by atoms with Gasteiger partial charge in [-0.2, -0.15) is 0 Å². The van der Waals surface area contributed by atoms with E-state index in [4.69, 9.17) is 9.47 Å². The Labute approximate surface area is 186 Å². The van der Waals surface area contributed by atoms with E-state index >= 15 is 0 Å². The van der Waals surface area contributed by atoms with Crippen LogP contribution in [0.5, 0.6) is 5.75 Å². The first kappa shape index (κ1) is 23.3. The quantitative estimate of drug-likeness (QED) is 0.634. The molecule has 0 bridgehead atoms. The van der Waals surface area contributed by atoms with Gasteiger partial charge in [0, 0.05) is 26.2 Å². The molecule has 6 nitrogen and oxygen atoms in total. The zero-order valence-corrected chi connectivity index (χ0v) is 18.9. The second kappa shape index (κ2) is 11.8. The van der Waals surface area contributed by atoms with E-state index in [9.17, 15) is 4.79 Å². The Kier molecular flexibility index (Phi) is 8.88. The van der Waals surface area contributed by atoms with Crippen molar-refractivity contribution in [2.45, 2.75) is 32.5 Å². The number of benzene rings is 2. The molecule has 1 fully saturated rings. The third-order valence-electron chi connectivity index (χ3n) is 5.89. The maximum Gasteiger partial charge on any atom is 0.250 e. The van der Waals surface area contributed by atoms with E-state index in [1.807, 2.05) is 36.4 Å². The molecule has 0 aromatic heterocycles.